The van der Waals surface area contributed by atoms with Gasteiger partial charge in [0, 0.05) is 32.8 Å². The van der Waals surface area contributed by atoms with Crippen LogP contribution < -0.4 is 21.1 Å². The number of nitrogens with one attached hydrogen (secondary N) is 2. The highest BCUT2D eigenvalue weighted by Gasteiger charge is 2.32. The van der Waals surface area contributed by atoms with Crippen molar-refractivity contribution in [2.75, 3.05) is 33.4 Å². The fourth-order valence-electron chi connectivity index (χ4n) is 4.46. The SMILES string of the molecule is COCCCCOc1ccccc1C(=O)NCC(CC(N)C(O)CNC(=O)C1CCCC1O)C(C)C.Cl. The van der Waals surface area contributed by atoms with Gasteiger partial charge in [-0.1, -0.05) is 26.0 Å². The monoisotopic (exact) mass is 543 g/mol. The van der Waals surface area contributed by atoms with E-state index in [0.717, 1.165) is 19.3 Å². The number of hydrogen-bond donors (Lipinski definition) is 5. The second-order valence-electron chi connectivity index (χ2n) is 10.1. The van der Waals surface area contributed by atoms with Crippen molar-refractivity contribution in [2.24, 2.45) is 23.5 Å². The van der Waals surface area contributed by atoms with Crippen LogP contribution in [0.4, 0.5) is 0 Å². The molecule has 6 N–H and O–H groups in total. The molecule has 2 amide bonds. The molecule has 10 heteroatoms. The third kappa shape index (κ3) is 11.2. The molecule has 212 valence electrons. The second-order valence-corrected chi connectivity index (χ2v) is 10.1. The first kappa shape index (κ1) is 33.1. The Morgan fingerprint density at radius 2 is 1.81 bits per heavy atom. The Kier molecular flexibility index (Phi) is 15.7. The zero-order valence-corrected chi connectivity index (χ0v) is 23.2. The number of aliphatic hydroxyl groups is 2. The lowest BCUT2D eigenvalue weighted by Gasteiger charge is -2.28. The largest absolute Gasteiger partial charge is 0.493 e. The van der Waals surface area contributed by atoms with E-state index in [1.807, 2.05) is 6.07 Å². The molecule has 1 aromatic carbocycles. The highest BCUT2D eigenvalue weighted by atomic mass is 35.5. The van der Waals surface area contributed by atoms with Crippen LogP contribution in [0.1, 0.15) is 62.7 Å². The predicted octanol–water partition coefficient (Wildman–Crippen LogP) is 2.27. The number of benzene rings is 1. The maximum Gasteiger partial charge on any atom is 0.255 e. The molecule has 5 atom stereocenters. The summed E-state index contributed by atoms with van der Waals surface area (Å²) in [6.07, 6.45) is 2.79. The number of methoxy groups -OCH3 is 1. The number of para-hydroxylation sites is 1. The van der Waals surface area contributed by atoms with Crippen molar-refractivity contribution in [2.45, 2.75) is 70.6 Å². The minimum atomic E-state index is -0.920. The lowest BCUT2D eigenvalue weighted by Crippen LogP contribution is -2.47. The maximum atomic E-state index is 12.9. The zero-order chi connectivity index (χ0) is 26.5. The van der Waals surface area contributed by atoms with Crippen molar-refractivity contribution in [3.63, 3.8) is 0 Å². The van der Waals surface area contributed by atoms with E-state index >= 15 is 0 Å². The number of ether oxygens (including phenoxy) is 2. The molecule has 9 nitrogen and oxygen atoms in total. The molecule has 0 saturated heterocycles. The number of halogens is 1. The first-order valence-corrected chi connectivity index (χ1v) is 13.1. The third-order valence-electron chi connectivity index (χ3n) is 6.97. The average Bonchev–Trinajstić information content (AvgIpc) is 3.30. The van der Waals surface area contributed by atoms with E-state index in [0.29, 0.717) is 50.3 Å². The van der Waals surface area contributed by atoms with Gasteiger partial charge in [-0.2, -0.15) is 0 Å². The number of nitrogens with two attached hydrogens (primary N) is 1. The normalized spacial score (nSPS) is 19.5. The van der Waals surface area contributed by atoms with Gasteiger partial charge in [-0.05, 0) is 62.5 Å². The predicted molar refractivity (Wildman–Crippen MR) is 146 cm³/mol. The minimum Gasteiger partial charge on any atom is -0.493 e. The Morgan fingerprint density at radius 1 is 1.11 bits per heavy atom. The van der Waals surface area contributed by atoms with E-state index < -0.39 is 24.2 Å². The lowest BCUT2D eigenvalue weighted by molar-refractivity contribution is -0.128. The highest BCUT2D eigenvalue weighted by molar-refractivity contribution is 5.96. The van der Waals surface area contributed by atoms with Crippen LogP contribution in [0.5, 0.6) is 5.75 Å². The van der Waals surface area contributed by atoms with Gasteiger partial charge in [0.15, 0.2) is 0 Å². The van der Waals surface area contributed by atoms with Gasteiger partial charge in [-0.15, -0.1) is 12.4 Å². The van der Waals surface area contributed by atoms with Crippen LogP contribution in [0, 0.1) is 17.8 Å². The summed E-state index contributed by atoms with van der Waals surface area (Å²) in [5.74, 6) is -0.0664. The van der Waals surface area contributed by atoms with Crippen LogP contribution in [0.2, 0.25) is 0 Å². The van der Waals surface area contributed by atoms with Crippen molar-refractivity contribution >= 4 is 24.2 Å². The highest BCUT2D eigenvalue weighted by Crippen LogP contribution is 2.25. The van der Waals surface area contributed by atoms with Gasteiger partial charge in [0.1, 0.15) is 5.75 Å². The molecule has 2 rings (SSSR count). The van der Waals surface area contributed by atoms with E-state index in [1.165, 1.54) is 0 Å². The summed E-state index contributed by atoms with van der Waals surface area (Å²) in [4.78, 5) is 25.2. The molecule has 0 heterocycles. The van der Waals surface area contributed by atoms with Crippen molar-refractivity contribution in [3.8, 4) is 5.75 Å². The molecule has 1 aliphatic carbocycles. The standard InChI is InChI=1S/C27H45N3O6.ClH/c1-18(2)19(15-22(28)24(32)17-30-26(33)20-10-8-11-23(20)31)16-29-27(34)21-9-4-5-12-25(21)36-14-7-6-13-35-3;/h4-5,9,12,18-20,22-24,31-32H,6-8,10-11,13-17,28H2,1-3H3,(H,29,34)(H,30,33);1H. The van der Waals surface area contributed by atoms with Crippen LogP contribution in [-0.2, 0) is 9.53 Å². The maximum absolute atomic E-state index is 12.9. The second kappa shape index (κ2) is 17.6. The summed E-state index contributed by atoms with van der Waals surface area (Å²) < 4.78 is 10.9. The van der Waals surface area contributed by atoms with Gasteiger partial charge >= 0.3 is 0 Å². The Morgan fingerprint density at radius 3 is 2.46 bits per heavy atom. The molecule has 1 aromatic rings. The molecular formula is C27H46ClN3O6. The van der Waals surface area contributed by atoms with E-state index in [1.54, 1.807) is 25.3 Å². The molecule has 0 aliphatic heterocycles. The molecule has 5 unspecified atom stereocenters. The third-order valence-corrected chi connectivity index (χ3v) is 6.97. The van der Waals surface area contributed by atoms with Crippen LogP contribution >= 0.6 is 12.4 Å². The molecule has 1 saturated carbocycles. The molecule has 37 heavy (non-hydrogen) atoms. The van der Waals surface area contributed by atoms with Crippen LogP contribution in [0.3, 0.4) is 0 Å². The van der Waals surface area contributed by atoms with Crippen LogP contribution in [0.15, 0.2) is 24.3 Å². The Balaban J connectivity index is 0.00000684. The lowest BCUT2D eigenvalue weighted by atomic mass is 9.87. The number of unbranched alkanes of at least 4 members (excludes halogenated alkanes) is 1. The molecular weight excluding hydrogens is 498 g/mol. The molecule has 0 radical (unpaired) electrons. The topological polar surface area (TPSA) is 143 Å². The van der Waals surface area contributed by atoms with Gasteiger partial charge in [-0.3, -0.25) is 9.59 Å². The zero-order valence-electron chi connectivity index (χ0n) is 22.4. The van der Waals surface area contributed by atoms with E-state index in [9.17, 15) is 19.8 Å². The van der Waals surface area contributed by atoms with Gasteiger partial charge in [0.2, 0.25) is 5.91 Å². The Hall–Kier alpha value is -1.91. The molecule has 1 aliphatic rings. The van der Waals surface area contributed by atoms with Crippen LogP contribution in [-0.4, -0.2) is 73.7 Å². The molecule has 0 spiro atoms. The van der Waals surface area contributed by atoms with Crippen molar-refractivity contribution in [1.82, 2.24) is 10.6 Å². The Bertz CT molecular complexity index is 812. The summed E-state index contributed by atoms with van der Waals surface area (Å²) in [7, 11) is 1.67. The smallest absolute Gasteiger partial charge is 0.255 e. The van der Waals surface area contributed by atoms with Crippen molar-refractivity contribution < 1.29 is 29.3 Å². The summed E-state index contributed by atoms with van der Waals surface area (Å²) >= 11 is 0. The van der Waals surface area contributed by atoms with E-state index in [4.69, 9.17) is 15.2 Å². The van der Waals surface area contributed by atoms with Gasteiger partial charge in [-0.25, -0.2) is 0 Å². The molecule has 0 aromatic heterocycles. The van der Waals surface area contributed by atoms with Crippen molar-refractivity contribution in [3.05, 3.63) is 29.8 Å². The summed E-state index contributed by atoms with van der Waals surface area (Å²) in [5.41, 5.74) is 6.74. The molecule has 0 bridgehead atoms. The number of hydrogen-bond acceptors (Lipinski definition) is 7. The number of carbonyl (C=O) groups is 2. The number of rotatable bonds is 16. The van der Waals surface area contributed by atoms with Crippen LogP contribution in [0.25, 0.3) is 0 Å². The van der Waals surface area contributed by atoms with Gasteiger partial charge in [0.05, 0.1) is 30.3 Å². The van der Waals surface area contributed by atoms with Crippen molar-refractivity contribution in [1.29, 1.82) is 0 Å². The number of amides is 2. The quantitative estimate of drug-likeness (QED) is 0.201. The summed E-state index contributed by atoms with van der Waals surface area (Å²) in [6, 6.07) is 6.61. The van der Waals surface area contributed by atoms with Gasteiger partial charge < -0.3 is 36.1 Å². The van der Waals surface area contributed by atoms with E-state index in [-0.39, 0.29) is 42.6 Å². The molecule has 1 fully saturated rings. The van der Waals surface area contributed by atoms with Gasteiger partial charge in [0.25, 0.3) is 5.91 Å². The fourth-order valence-corrected chi connectivity index (χ4v) is 4.46. The van der Waals surface area contributed by atoms with E-state index in [2.05, 4.69) is 24.5 Å². The fraction of sp³-hybridized carbons (Fsp3) is 0.704. The first-order chi connectivity index (χ1) is 17.2. The number of aliphatic hydroxyl groups excluding tert-OH is 2. The Labute approximate surface area is 227 Å². The summed E-state index contributed by atoms with van der Waals surface area (Å²) in [5, 5.41) is 26.1. The minimum absolute atomic E-state index is 0. The average molecular weight is 544 g/mol. The number of carbonyl (C=O) groups excluding carboxylic acids is 2. The summed E-state index contributed by atoms with van der Waals surface area (Å²) in [6.45, 7) is 5.72. The first-order valence-electron chi connectivity index (χ1n) is 13.1.